The third kappa shape index (κ3) is 2.80. The standard InChI is InChI=1S/C11H12BN3O4/c1-2-19-11(16)10-9(13-15-14-10)7-4-3-5-8(6-7)12(17)18/h3-6,17-18H,2H2,1H3,(H,13,14,15). The Kier molecular flexibility index (Phi) is 3.93. The molecule has 1 aromatic carbocycles. The number of nitrogens with zero attached hydrogens (tertiary/aromatic N) is 2. The van der Waals surface area contributed by atoms with Gasteiger partial charge in [-0.1, -0.05) is 24.3 Å². The van der Waals surface area contributed by atoms with Crippen LogP contribution in [0.3, 0.4) is 0 Å². The summed E-state index contributed by atoms with van der Waals surface area (Å²) in [5, 5.41) is 28.3. The molecule has 1 aromatic heterocycles. The molecule has 1 heterocycles. The summed E-state index contributed by atoms with van der Waals surface area (Å²) in [4.78, 5) is 11.7. The molecule has 0 spiro atoms. The number of rotatable bonds is 4. The van der Waals surface area contributed by atoms with Crippen LogP contribution in [0.2, 0.25) is 0 Å². The van der Waals surface area contributed by atoms with Gasteiger partial charge in [0.1, 0.15) is 5.69 Å². The lowest BCUT2D eigenvalue weighted by Gasteiger charge is -2.03. The zero-order valence-electron chi connectivity index (χ0n) is 10.2. The van der Waals surface area contributed by atoms with Crippen LogP contribution in [0.25, 0.3) is 11.3 Å². The van der Waals surface area contributed by atoms with Gasteiger partial charge in [-0.2, -0.15) is 10.3 Å². The van der Waals surface area contributed by atoms with Crippen molar-refractivity contribution in [2.75, 3.05) is 6.61 Å². The van der Waals surface area contributed by atoms with Gasteiger partial charge in [-0.25, -0.2) is 4.79 Å². The topological polar surface area (TPSA) is 108 Å². The van der Waals surface area contributed by atoms with E-state index in [9.17, 15) is 4.79 Å². The van der Waals surface area contributed by atoms with Crippen molar-refractivity contribution in [1.29, 1.82) is 0 Å². The number of ether oxygens (including phenoxy) is 1. The van der Waals surface area contributed by atoms with Crippen LogP contribution in [-0.2, 0) is 4.74 Å². The predicted molar refractivity (Wildman–Crippen MR) is 67.6 cm³/mol. The molecule has 98 valence electrons. The molecule has 2 rings (SSSR count). The number of H-pyrrole nitrogens is 1. The highest BCUT2D eigenvalue weighted by molar-refractivity contribution is 6.58. The Labute approximate surface area is 109 Å². The van der Waals surface area contributed by atoms with Crippen LogP contribution in [-0.4, -0.2) is 45.2 Å². The molecule has 0 atom stereocenters. The van der Waals surface area contributed by atoms with Crippen molar-refractivity contribution in [3.8, 4) is 11.3 Å². The van der Waals surface area contributed by atoms with Gasteiger partial charge in [0.2, 0.25) is 0 Å². The van der Waals surface area contributed by atoms with Gasteiger partial charge in [0.05, 0.1) is 6.61 Å². The second-order valence-corrected chi connectivity index (χ2v) is 3.74. The number of hydrogen-bond acceptors (Lipinski definition) is 6. The summed E-state index contributed by atoms with van der Waals surface area (Å²) in [5.41, 5.74) is 1.21. The van der Waals surface area contributed by atoms with Crippen molar-refractivity contribution >= 4 is 18.6 Å². The number of carbonyl (C=O) groups is 1. The first-order valence-corrected chi connectivity index (χ1v) is 5.67. The molecule has 19 heavy (non-hydrogen) atoms. The van der Waals surface area contributed by atoms with Crippen LogP contribution in [0, 0.1) is 0 Å². The molecule has 0 saturated heterocycles. The van der Waals surface area contributed by atoms with Gasteiger partial charge in [-0.15, -0.1) is 5.10 Å². The third-order valence-electron chi connectivity index (χ3n) is 2.47. The van der Waals surface area contributed by atoms with E-state index in [4.69, 9.17) is 14.8 Å². The minimum atomic E-state index is -1.59. The van der Waals surface area contributed by atoms with Crippen molar-refractivity contribution in [1.82, 2.24) is 15.4 Å². The fraction of sp³-hybridized carbons (Fsp3) is 0.182. The Morgan fingerprint density at radius 1 is 1.42 bits per heavy atom. The van der Waals surface area contributed by atoms with E-state index in [2.05, 4.69) is 15.4 Å². The lowest BCUT2D eigenvalue weighted by Crippen LogP contribution is -2.29. The van der Waals surface area contributed by atoms with E-state index in [1.165, 1.54) is 6.07 Å². The highest BCUT2D eigenvalue weighted by atomic mass is 16.5. The number of aromatic nitrogens is 3. The monoisotopic (exact) mass is 261 g/mol. The first-order valence-electron chi connectivity index (χ1n) is 5.67. The van der Waals surface area contributed by atoms with Gasteiger partial charge in [0, 0.05) is 5.56 Å². The lowest BCUT2D eigenvalue weighted by molar-refractivity contribution is 0.0520. The normalized spacial score (nSPS) is 10.3. The molecular formula is C11H12BN3O4. The van der Waals surface area contributed by atoms with Crippen molar-refractivity contribution in [3.05, 3.63) is 30.0 Å². The average molecular weight is 261 g/mol. The largest absolute Gasteiger partial charge is 0.488 e. The fourth-order valence-electron chi connectivity index (χ4n) is 1.62. The van der Waals surface area contributed by atoms with Gasteiger partial charge in [0.25, 0.3) is 0 Å². The number of hydrogen-bond donors (Lipinski definition) is 3. The van der Waals surface area contributed by atoms with Crippen LogP contribution in [0.5, 0.6) is 0 Å². The van der Waals surface area contributed by atoms with E-state index in [1.807, 2.05) is 0 Å². The molecule has 0 amide bonds. The molecule has 0 aliphatic carbocycles. The predicted octanol–water partition coefficient (Wildman–Crippen LogP) is -0.672. The van der Waals surface area contributed by atoms with Gasteiger partial charge in [-0.05, 0) is 12.4 Å². The maximum atomic E-state index is 11.7. The molecule has 0 radical (unpaired) electrons. The maximum absolute atomic E-state index is 11.7. The van der Waals surface area contributed by atoms with Crippen LogP contribution >= 0.6 is 0 Å². The highest BCUT2D eigenvalue weighted by Crippen LogP contribution is 2.19. The number of nitrogens with one attached hydrogen (secondary N) is 1. The molecule has 0 saturated carbocycles. The molecule has 0 bridgehead atoms. The van der Waals surface area contributed by atoms with Crippen molar-refractivity contribution in [2.24, 2.45) is 0 Å². The Morgan fingerprint density at radius 2 is 2.21 bits per heavy atom. The van der Waals surface area contributed by atoms with Crippen LogP contribution < -0.4 is 5.46 Å². The van der Waals surface area contributed by atoms with E-state index in [0.717, 1.165) is 0 Å². The van der Waals surface area contributed by atoms with Gasteiger partial charge in [0.15, 0.2) is 5.69 Å². The SMILES string of the molecule is CCOC(=O)c1n[nH]nc1-c1cccc(B(O)O)c1. The van der Waals surface area contributed by atoms with E-state index >= 15 is 0 Å². The minimum absolute atomic E-state index is 0.0615. The molecule has 2 aromatic rings. The van der Waals surface area contributed by atoms with Crippen molar-refractivity contribution in [3.63, 3.8) is 0 Å². The summed E-state index contributed by atoms with van der Waals surface area (Å²) in [6.45, 7) is 1.93. The smallest absolute Gasteiger partial charge is 0.461 e. The summed E-state index contributed by atoms with van der Waals surface area (Å²) >= 11 is 0. The van der Waals surface area contributed by atoms with Crippen LogP contribution in [0.4, 0.5) is 0 Å². The van der Waals surface area contributed by atoms with E-state index in [0.29, 0.717) is 16.7 Å². The molecule has 0 unspecified atom stereocenters. The van der Waals surface area contributed by atoms with E-state index in [-0.39, 0.29) is 12.3 Å². The summed E-state index contributed by atoms with van der Waals surface area (Å²) < 4.78 is 4.87. The highest BCUT2D eigenvalue weighted by Gasteiger charge is 2.20. The Balaban J connectivity index is 2.40. The second kappa shape index (κ2) is 5.64. The first-order chi connectivity index (χ1) is 9.13. The lowest BCUT2D eigenvalue weighted by atomic mass is 9.79. The average Bonchev–Trinajstić information content (AvgIpc) is 2.88. The Hall–Kier alpha value is -2.19. The Morgan fingerprint density at radius 3 is 2.89 bits per heavy atom. The molecule has 0 aliphatic rings. The molecule has 3 N–H and O–H groups in total. The quantitative estimate of drug-likeness (QED) is 0.497. The van der Waals surface area contributed by atoms with Crippen molar-refractivity contribution < 1.29 is 19.6 Å². The number of esters is 1. The summed E-state index contributed by atoms with van der Waals surface area (Å²) in [7, 11) is -1.59. The zero-order chi connectivity index (χ0) is 13.8. The number of aromatic amines is 1. The van der Waals surface area contributed by atoms with Crippen molar-refractivity contribution in [2.45, 2.75) is 6.92 Å². The van der Waals surface area contributed by atoms with Gasteiger partial charge >= 0.3 is 13.1 Å². The van der Waals surface area contributed by atoms with E-state index < -0.39 is 13.1 Å². The zero-order valence-corrected chi connectivity index (χ0v) is 10.2. The third-order valence-corrected chi connectivity index (χ3v) is 2.47. The summed E-state index contributed by atoms with van der Waals surface area (Å²) in [6, 6.07) is 6.39. The number of benzene rings is 1. The molecule has 0 aliphatic heterocycles. The number of carbonyl (C=O) groups excluding carboxylic acids is 1. The Bertz CT molecular complexity index is 585. The minimum Gasteiger partial charge on any atom is -0.461 e. The molecule has 0 fully saturated rings. The molecular weight excluding hydrogens is 249 g/mol. The molecule has 8 heteroatoms. The van der Waals surface area contributed by atoms with Crippen LogP contribution in [0.1, 0.15) is 17.4 Å². The second-order valence-electron chi connectivity index (χ2n) is 3.74. The molecule has 7 nitrogen and oxygen atoms in total. The van der Waals surface area contributed by atoms with Gasteiger partial charge < -0.3 is 14.8 Å². The first kappa shape index (κ1) is 13.3. The fourth-order valence-corrected chi connectivity index (χ4v) is 1.62. The van der Waals surface area contributed by atoms with Gasteiger partial charge in [-0.3, -0.25) is 0 Å². The summed E-state index contributed by atoms with van der Waals surface area (Å²) in [5.74, 6) is -0.582. The van der Waals surface area contributed by atoms with Crippen LogP contribution in [0.15, 0.2) is 24.3 Å². The van der Waals surface area contributed by atoms with E-state index in [1.54, 1.807) is 25.1 Å². The summed E-state index contributed by atoms with van der Waals surface area (Å²) in [6.07, 6.45) is 0. The maximum Gasteiger partial charge on any atom is 0.488 e.